The van der Waals surface area contributed by atoms with Crippen molar-refractivity contribution in [2.24, 2.45) is 0 Å². The summed E-state index contributed by atoms with van der Waals surface area (Å²) in [7, 11) is 0. The van der Waals surface area contributed by atoms with Gasteiger partial charge in [0.1, 0.15) is 18.1 Å². The molecule has 1 fully saturated rings. The van der Waals surface area contributed by atoms with E-state index in [1.807, 2.05) is 31.2 Å². The van der Waals surface area contributed by atoms with Crippen molar-refractivity contribution >= 4 is 5.78 Å². The highest BCUT2D eigenvalue weighted by molar-refractivity contribution is 6.23. The molecular weight excluding hydrogens is 366 g/mol. The molecule has 2 aromatic rings. The zero-order chi connectivity index (χ0) is 20.2. The van der Waals surface area contributed by atoms with E-state index in [9.17, 15) is 4.79 Å². The molecule has 1 aliphatic carbocycles. The fraction of sp³-hybridized carbons (Fsp3) is 0.458. The van der Waals surface area contributed by atoms with Gasteiger partial charge in [-0.2, -0.15) is 0 Å². The summed E-state index contributed by atoms with van der Waals surface area (Å²) in [6, 6.07) is 9.86. The SMILES string of the molecule is CCCc1cc(OCC)c2c(c1)C(=O)c1cccc(OCCN3CCOCC3)c1-2. The number of aryl methyl sites for hydroxylation is 1. The van der Waals surface area contributed by atoms with Crippen LogP contribution in [-0.4, -0.2) is 56.7 Å². The molecule has 0 aromatic heterocycles. The quantitative estimate of drug-likeness (QED) is 0.578. The van der Waals surface area contributed by atoms with Gasteiger partial charge in [-0.15, -0.1) is 0 Å². The van der Waals surface area contributed by atoms with Gasteiger partial charge in [-0.05, 0) is 37.1 Å². The molecule has 0 amide bonds. The molecule has 0 spiro atoms. The molecule has 0 bridgehead atoms. The van der Waals surface area contributed by atoms with Gasteiger partial charge < -0.3 is 14.2 Å². The van der Waals surface area contributed by atoms with Gasteiger partial charge in [0.2, 0.25) is 0 Å². The molecule has 2 aliphatic rings. The third-order valence-electron chi connectivity index (χ3n) is 5.53. The number of fused-ring (bicyclic) bond motifs is 3. The molecule has 1 heterocycles. The van der Waals surface area contributed by atoms with Crippen molar-refractivity contribution in [1.82, 2.24) is 4.90 Å². The standard InChI is InChI=1S/C24H29NO4/c1-3-6-17-15-19-23(21(16-17)28-4-2)22-18(24(19)26)7-5-8-20(22)29-14-11-25-9-12-27-13-10-25/h5,7-8,15-16H,3-4,6,9-14H2,1-2H3. The van der Waals surface area contributed by atoms with E-state index in [4.69, 9.17) is 14.2 Å². The Morgan fingerprint density at radius 1 is 1.00 bits per heavy atom. The van der Waals surface area contributed by atoms with Gasteiger partial charge in [0.15, 0.2) is 5.78 Å². The van der Waals surface area contributed by atoms with Crippen molar-refractivity contribution in [3.8, 4) is 22.6 Å². The van der Waals surface area contributed by atoms with Crippen molar-refractivity contribution in [2.75, 3.05) is 46.1 Å². The maximum atomic E-state index is 13.1. The van der Waals surface area contributed by atoms with Crippen LogP contribution in [-0.2, 0) is 11.2 Å². The summed E-state index contributed by atoms with van der Waals surface area (Å²) in [4.78, 5) is 15.5. The average molecular weight is 395 g/mol. The molecule has 5 heteroatoms. The lowest BCUT2D eigenvalue weighted by Gasteiger charge is -2.26. The second kappa shape index (κ2) is 8.97. The molecule has 0 N–H and O–H groups in total. The van der Waals surface area contributed by atoms with Crippen LogP contribution in [0.2, 0.25) is 0 Å². The molecule has 5 nitrogen and oxygen atoms in total. The van der Waals surface area contributed by atoms with E-state index in [-0.39, 0.29) is 5.78 Å². The molecule has 0 unspecified atom stereocenters. The van der Waals surface area contributed by atoms with Gasteiger partial charge in [-0.1, -0.05) is 25.5 Å². The Hall–Kier alpha value is -2.37. The smallest absolute Gasteiger partial charge is 0.194 e. The Labute approximate surface area is 172 Å². The molecule has 4 rings (SSSR count). The number of ketones is 1. The summed E-state index contributed by atoms with van der Waals surface area (Å²) in [5, 5.41) is 0. The number of benzene rings is 2. The normalized spacial score (nSPS) is 15.9. The van der Waals surface area contributed by atoms with Crippen LogP contribution in [0.25, 0.3) is 11.1 Å². The number of hydrogen-bond acceptors (Lipinski definition) is 5. The maximum absolute atomic E-state index is 13.1. The third-order valence-corrected chi connectivity index (χ3v) is 5.53. The lowest BCUT2D eigenvalue weighted by Crippen LogP contribution is -2.38. The maximum Gasteiger partial charge on any atom is 0.194 e. The second-order valence-corrected chi connectivity index (χ2v) is 7.51. The fourth-order valence-corrected chi connectivity index (χ4v) is 4.16. The van der Waals surface area contributed by atoms with Crippen molar-refractivity contribution in [2.45, 2.75) is 26.7 Å². The van der Waals surface area contributed by atoms with Crippen LogP contribution in [0.3, 0.4) is 0 Å². The first kappa shape index (κ1) is 19.9. The van der Waals surface area contributed by atoms with E-state index in [0.29, 0.717) is 18.8 Å². The predicted molar refractivity (Wildman–Crippen MR) is 113 cm³/mol. The Morgan fingerprint density at radius 3 is 2.55 bits per heavy atom. The van der Waals surface area contributed by atoms with E-state index in [1.165, 1.54) is 0 Å². The first-order valence-corrected chi connectivity index (χ1v) is 10.6. The van der Waals surface area contributed by atoms with Crippen molar-refractivity contribution in [3.05, 3.63) is 47.0 Å². The van der Waals surface area contributed by atoms with Gasteiger partial charge in [-0.25, -0.2) is 0 Å². The van der Waals surface area contributed by atoms with Crippen LogP contribution in [0.15, 0.2) is 30.3 Å². The minimum absolute atomic E-state index is 0.0625. The number of ether oxygens (including phenoxy) is 3. The Balaban J connectivity index is 1.64. The summed E-state index contributed by atoms with van der Waals surface area (Å²) in [6.07, 6.45) is 1.96. The minimum Gasteiger partial charge on any atom is -0.493 e. The molecule has 154 valence electrons. The van der Waals surface area contributed by atoms with Gasteiger partial charge in [0.25, 0.3) is 0 Å². The highest BCUT2D eigenvalue weighted by Crippen LogP contribution is 2.48. The van der Waals surface area contributed by atoms with Crippen molar-refractivity contribution in [1.29, 1.82) is 0 Å². The Morgan fingerprint density at radius 2 is 1.79 bits per heavy atom. The number of nitrogens with zero attached hydrogens (tertiary/aromatic N) is 1. The van der Waals surface area contributed by atoms with E-state index < -0.39 is 0 Å². The molecule has 0 radical (unpaired) electrons. The first-order valence-electron chi connectivity index (χ1n) is 10.6. The molecule has 1 saturated heterocycles. The number of carbonyl (C=O) groups is 1. The number of rotatable bonds is 8. The largest absolute Gasteiger partial charge is 0.493 e. The lowest BCUT2D eigenvalue weighted by atomic mass is 9.99. The van der Waals surface area contributed by atoms with Gasteiger partial charge >= 0.3 is 0 Å². The zero-order valence-corrected chi connectivity index (χ0v) is 17.3. The molecular formula is C24H29NO4. The topological polar surface area (TPSA) is 48.0 Å². The minimum atomic E-state index is 0.0625. The third kappa shape index (κ3) is 4.02. The predicted octanol–water partition coefficient (Wildman–Crippen LogP) is 3.96. The molecule has 0 atom stereocenters. The first-order chi connectivity index (χ1) is 14.2. The second-order valence-electron chi connectivity index (χ2n) is 7.51. The Kier molecular flexibility index (Phi) is 6.16. The molecule has 1 aliphatic heterocycles. The number of hydrogen-bond donors (Lipinski definition) is 0. The van der Waals surface area contributed by atoms with E-state index in [2.05, 4.69) is 17.9 Å². The molecule has 0 saturated carbocycles. The summed E-state index contributed by atoms with van der Waals surface area (Å²) in [6.45, 7) is 9.54. The highest BCUT2D eigenvalue weighted by atomic mass is 16.5. The lowest BCUT2D eigenvalue weighted by molar-refractivity contribution is 0.0323. The van der Waals surface area contributed by atoms with E-state index in [0.717, 1.165) is 79.4 Å². The van der Waals surface area contributed by atoms with Crippen LogP contribution in [0.5, 0.6) is 11.5 Å². The summed E-state index contributed by atoms with van der Waals surface area (Å²) >= 11 is 0. The summed E-state index contributed by atoms with van der Waals surface area (Å²) in [5.74, 6) is 1.60. The van der Waals surface area contributed by atoms with Crippen LogP contribution >= 0.6 is 0 Å². The van der Waals surface area contributed by atoms with E-state index in [1.54, 1.807) is 0 Å². The average Bonchev–Trinajstić information content (AvgIpc) is 3.03. The number of carbonyl (C=O) groups excluding carboxylic acids is 1. The monoisotopic (exact) mass is 395 g/mol. The van der Waals surface area contributed by atoms with Crippen molar-refractivity contribution < 1.29 is 19.0 Å². The van der Waals surface area contributed by atoms with Crippen LogP contribution in [0, 0.1) is 0 Å². The number of morpholine rings is 1. The van der Waals surface area contributed by atoms with Gasteiger partial charge in [0.05, 0.1) is 19.8 Å². The molecule has 2 aromatic carbocycles. The summed E-state index contributed by atoms with van der Waals surface area (Å²) < 4.78 is 17.5. The molecule has 29 heavy (non-hydrogen) atoms. The fourth-order valence-electron chi connectivity index (χ4n) is 4.16. The van der Waals surface area contributed by atoms with Gasteiger partial charge in [-0.3, -0.25) is 9.69 Å². The van der Waals surface area contributed by atoms with Crippen LogP contribution in [0.1, 0.15) is 41.8 Å². The van der Waals surface area contributed by atoms with Crippen LogP contribution < -0.4 is 9.47 Å². The van der Waals surface area contributed by atoms with Crippen molar-refractivity contribution in [3.63, 3.8) is 0 Å². The highest BCUT2D eigenvalue weighted by Gasteiger charge is 2.33. The van der Waals surface area contributed by atoms with Gasteiger partial charge in [0, 0.05) is 41.9 Å². The summed E-state index contributed by atoms with van der Waals surface area (Å²) in [5.41, 5.74) is 4.34. The zero-order valence-electron chi connectivity index (χ0n) is 17.3. The Bertz CT molecular complexity index is 887. The van der Waals surface area contributed by atoms with Crippen LogP contribution in [0.4, 0.5) is 0 Å². The van der Waals surface area contributed by atoms with E-state index >= 15 is 0 Å².